The van der Waals surface area contributed by atoms with E-state index in [1.54, 1.807) is 12.1 Å². The van der Waals surface area contributed by atoms with Crippen molar-refractivity contribution in [2.45, 2.75) is 18.5 Å². The Hall–Kier alpha value is -1.99. The van der Waals surface area contributed by atoms with Crippen molar-refractivity contribution in [3.8, 4) is 11.1 Å². The lowest BCUT2D eigenvalue weighted by Crippen LogP contribution is -2.09. The fraction of sp³-hybridized carbons (Fsp3) is 0.188. The van der Waals surface area contributed by atoms with E-state index in [9.17, 15) is 14.0 Å². The number of thiophene rings is 1. The minimum Gasteiger partial charge on any atom is -0.301 e. The average Bonchev–Trinajstić information content (AvgIpc) is 2.92. The third kappa shape index (κ3) is 3.51. The maximum atomic E-state index is 13.0. The summed E-state index contributed by atoms with van der Waals surface area (Å²) in [5.74, 6) is 0.375. The number of carbonyl (C=O) groups excluding carboxylic acids is 1. The average molecular weight is 348 g/mol. The van der Waals surface area contributed by atoms with Crippen LogP contribution in [0.25, 0.3) is 21.3 Å². The zero-order chi connectivity index (χ0) is 16.4. The first-order chi connectivity index (χ1) is 11.0. The normalized spacial score (nSPS) is 11.0. The summed E-state index contributed by atoms with van der Waals surface area (Å²) in [6.07, 6.45) is 0.442. The van der Waals surface area contributed by atoms with Crippen LogP contribution < -0.4 is 5.56 Å². The number of halogens is 1. The lowest BCUT2D eigenvalue weighted by molar-refractivity contribution is -0.116. The molecule has 0 spiro atoms. The quantitative estimate of drug-likeness (QED) is 0.562. The van der Waals surface area contributed by atoms with Gasteiger partial charge in [0.25, 0.3) is 5.56 Å². The van der Waals surface area contributed by atoms with E-state index in [4.69, 9.17) is 0 Å². The summed E-state index contributed by atoms with van der Waals surface area (Å²) in [5, 5.41) is 2.87. The van der Waals surface area contributed by atoms with E-state index in [2.05, 4.69) is 9.97 Å². The van der Waals surface area contributed by atoms with Gasteiger partial charge in [-0.15, -0.1) is 11.3 Å². The molecule has 7 heteroatoms. The van der Waals surface area contributed by atoms with Gasteiger partial charge in [0.15, 0.2) is 5.16 Å². The zero-order valence-corrected chi connectivity index (χ0v) is 13.9. The summed E-state index contributed by atoms with van der Waals surface area (Å²) in [4.78, 5) is 31.2. The molecular formula is C16H13FN2O2S2. The molecule has 1 N–H and O–H groups in total. The SMILES string of the molecule is CC(=O)CCSc1nc2scc(-c3ccc(F)cc3)c2c(=O)[nH]1. The monoisotopic (exact) mass is 348 g/mol. The summed E-state index contributed by atoms with van der Waals surface area (Å²) in [6.45, 7) is 1.54. The van der Waals surface area contributed by atoms with Crippen LogP contribution in [-0.2, 0) is 4.79 Å². The lowest BCUT2D eigenvalue weighted by atomic mass is 10.1. The number of aromatic amines is 1. The minimum atomic E-state index is -0.315. The molecule has 23 heavy (non-hydrogen) atoms. The fourth-order valence-electron chi connectivity index (χ4n) is 2.13. The van der Waals surface area contributed by atoms with Gasteiger partial charge in [-0.25, -0.2) is 9.37 Å². The molecule has 0 aliphatic heterocycles. The first-order valence-electron chi connectivity index (χ1n) is 6.94. The lowest BCUT2D eigenvalue weighted by Gasteiger charge is -2.01. The Labute approximate surface area is 139 Å². The van der Waals surface area contributed by atoms with Crippen LogP contribution in [0.4, 0.5) is 4.39 Å². The van der Waals surface area contributed by atoms with Crippen LogP contribution in [0.2, 0.25) is 0 Å². The van der Waals surface area contributed by atoms with E-state index in [-0.39, 0.29) is 17.2 Å². The molecule has 0 fully saturated rings. The van der Waals surface area contributed by atoms with E-state index in [0.717, 1.165) is 11.1 Å². The maximum absolute atomic E-state index is 13.0. The van der Waals surface area contributed by atoms with Crippen molar-refractivity contribution in [3.63, 3.8) is 0 Å². The molecule has 118 valence electrons. The van der Waals surface area contributed by atoms with Gasteiger partial charge in [0.1, 0.15) is 16.4 Å². The number of ketones is 1. The molecule has 3 aromatic rings. The molecule has 3 rings (SSSR count). The number of nitrogens with zero attached hydrogens (tertiary/aromatic N) is 1. The van der Waals surface area contributed by atoms with Crippen LogP contribution in [0.1, 0.15) is 13.3 Å². The highest BCUT2D eigenvalue weighted by molar-refractivity contribution is 7.99. The predicted octanol–water partition coefficient (Wildman–Crippen LogP) is 3.86. The highest BCUT2D eigenvalue weighted by Gasteiger charge is 2.13. The topological polar surface area (TPSA) is 62.8 Å². The van der Waals surface area contributed by atoms with Gasteiger partial charge >= 0.3 is 0 Å². The summed E-state index contributed by atoms with van der Waals surface area (Å²) in [7, 11) is 0. The Bertz CT molecular complexity index is 916. The number of nitrogens with one attached hydrogen (secondary N) is 1. The number of H-pyrrole nitrogens is 1. The Balaban J connectivity index is 1.96. The number of aromatic nitrogens is 2. The van der Waals surface area contributed by atoms with Crippen molar-refractivity contribution in [1.82, 2.24) is 9.97 Å². The molecule has 2 aromatic heterocycles. The summed E-state index contributed by atoms with van der Waals surface area (Å²) < 4.78 is 13.0. The standard InChI is InChI=1S/C16H13FN2O2S2/c1-9(20)6-7-22-16-18-14(21)13-12(8-23-15(13)19-16)10-2-4-11(17)5-3-10/h2-5,8H,6-7H2,1H3,(H,18,19,21). The summed E-state index contributed by atoms with van der Waals surface area (Å²) in [5.41, 5.74) is 1.31. The summed E-state index contributed by atoms with van der Waals surface area (Å²) >= 11 is 2.73. The van der Waals surface area contributed by atoms with Crippen LogP contribution in [-0.4, -0.2) is 21.5 Å². The van der Waals surface area contributed by atoms with Gasteiger partial charge in [-0.3, -0.25) is 9.59 Å². The van der Waals surface area contributed by atoms with Gasteiger partial charge in [-0.05, 0) is 24.6 Å². The first kappa shape index (κ1) is 15.9. The van der Waals surface area contributed by atoms with Crippen molar-refractivity contribution in [2.24, 2.45) is 0 Å². The molecule has 0 unspecified atom stereocenters. The number of benzene rings is 1. The van der Waals surface area contributed by atoms with Crippen molar-refractivity contribution in [2.75, 3.05) is 5.75 Å². The number of Topliss-reactive ketones (excluding diaryl/α,β-unsaturated/α-hetero) is 1. The predicted molar refractivity (Wildman–Crippen MR) is 91.7 cm³/mol. The van der Waals surface area contributed by atoms with Crippen molar-refractivity contribution in [3.05, 3.63) is 45.8 Å². The minimum absolute atomic E-state index is 0.107. The molecule has 0 atom stereocenters. The Morgan fingerprint density at radius 1 is 1.35 bits per heavy atom. The molecule has 2 heterocycles. The number of fused-ring (bicyclic) bond motifs is 1. The fourth-order valence-corrected chi connectivity index (χ4v) is 4.04. The molecule has 0 aliphatic rings. The van der Waals surface area contributed by atoms with Gasteiger partial charge in [-0.2, -0.15) is 0 Å². The third-order valence-electron chi connectivity index (χ3n) is 3.27. The van der Waals surface area contributed by atoms with E-state index < -0.39 is 0 Å². The molecule has 1 aromatic carbocycles. The number of hydrogen-bond acceptors (Lipinski definition) is 5. The van der Waals surface area contributed by atoms with Crippen LogP contribution in [0.3, 0.4) is 0 Å². The van der Waals surface area contributed by atoms with Crippen molar-refractivity contribution < 1.29 is 9.18 Å². The smallest absolute Gasteiger partial charge is 0.260 e. The Morgan fingerprint density at radius 3 is 2.78 bits per heavy atom. The van der Waals surface area contributed by atoms with E-state index in [1.807, 2.05) is 5.38 Å². The van der Waals surface area contributed by atoms with Gasteiger partial charge in [0.2, 0.25) is 0 Å². The largest absolute Gasteiger partial charge is 0.301 e. The van der Waals surface area contributed by atoms with Crippen molar-refractivity contribution in [1.29, 1.82) is 0 Å². The van der Waals surface area contributed by atoms with Gasteiger partial charge < -0.3 is 4.98 Å². The highest BCUT2D eigenvalue weighted by atomic mass is 32.2. The number of rotatable bonds is 5. The molecule has 0 saturated carbocycles. The summed E-state index contributed by atoms with van der Waals surface area (Å²) in [6, 6.07) is 6.02. The maximum Gasteiger partial charge on any atom is 0.260 e. The Morgan fingerprint density at radius 2 is 2.09 bits per heavy atom. The van der Waals surface area contributed by atoms with E-state index >= 15 is 0 Å². The Kier molecular flexibility index (Phi) is 4.58. The van der Waals surface area contributed by atoms with Crippen molar-refractivity contribution >= 4 is 39.1 Å². The van der Waals surface area contributed by atoms with Gasteiger partial charge in [-0.1, -0.05) is 23.9 Å². The second kappa shape index (κ2) is 6.64. The molecule has 0 bridgehead atoms. The molecule has 0 amide bonds. The van der Waals surface area contributed by atoms with E-state index in [1.165, 1.54) is 42.2 Å². The van der Waals surface area contributed by atoms with Crippen LogP contribution in [0.5, 0.6) is 0 Å². The van der Waals surface area contributed by atoms with Gasteiger partial charge in [0.05, 0.1) is 5.39 Å². The zero-order valence-electron chi connectivity index (χ0n) is 12.3. The van der Waals surface area contributed by atoms with E-state index in [0.29, 0.717) is 27.5 Å². The van der Waals surface area contributed by atoms with Gasteiger partial charge in [0, 0.05) is 23.1 Å². The van der Waals surface area contributed by atoms with Crippen LogP contribution in [0, 0.1) is 5.82 Å². The number of thioether (sulfide) groups is 1. The first-order valence-corrected chi connectivity index (χ1v) is 8.81. The molecule has 0 radical (unpaired) electrons. The molecule has 4 nitrogen and oxygen atoms in total. The molecule has 0 saturated heterocycles. The second-order valence-corrected chi connectivity index (χ2v) is 6.95. The van der Waals surface area contributed by atoms with Crippen LogP contribution in [0.15, 0.2) is 39.6 Å². The number of hydrogen-bond donors (Lipinski definition) is 1. The third-order valence-corrected chi connectivity index (χ3v) is 5.02. The molecule has 0 aliphatic carbocycles. The highest BCUT2D eigenvalue weighted by Crippen LogP contribution is 2.31. The second-order valence-electron chi connectivity index (χ2n) is 5.01. The van der Waals surface area contributed by atoms with Crippen LogP contribution >= 0.6 is 23.1 Å². The number of carbonyl (C=O) groups is 1. The molecular weight excluding hydrogens is 335 g/mol.